The number of hydrogen-bond acceptors (Lipinski definition) is 4. The normalized spacial score (nSPS) is 12.1. The smallest absolute Gasteiger partial charge is 0.265 e. The van der Waals surface area contributed by atoms with E-state index in [4.69, 9.17) is 5.84 Å². The van der Waals surface area contributed by atoms with E-state index in [-0.39, 0.29) is 23.6 Å². The van der Waals surface area contributed by atoms with Gasteiger partial charge < -0.3 is 10.0 Å². The summed E-state index contributed by atoms with van der Waals surface area (Å²) in [5.74, 6) is 3.59. The first-order chi connectivity index (χ1) is 12.3. The van der Waals surface area contributed by atoms with Gasteiger partial charge in [0, 0.05) is 23.4 Å². The molecule has 140 valence electrons. The molecule has 0 spiro atoms. The van der Waals surface area contributed by atoms with Gasteiger partial charge in [0.05, 0.1) is 0 Å². The largest absolute Gasteiger partial charge is 0.374 e. The summed E-state index contributed by atoms with van der Waals surface area (Å²) in [6.07, 6.45) is -0.477. The molecule has 0 heterocycles. The van der Waals surface area contributed by atoms with Crippen molar-refractivity contribution in [3.8, 4) is 0 Å². The molecule has 0 aliphatic rings. The van der Waals surface area contributed by atoms with Crippen LogP contribution in [0, 0.1) is 17.6 Å². The van der Waals surface area contributed by atoms with Crippen molar-refractivity contribution in [2.75, 3.05) is 4.90 Å². The Morgan fingerprint density at radius 1 is 1.23 bits per heavy atom. The topological polar surface area (TPSA) is 78.6 Å². The van der Waals surface area contributed by atoms with Gasteiger partial charge in [-0.2, -0.15) is 0 Å². The molecule has 0 fully saturated rings. The molecule has 7 heteroatoms. The highest BCUT2D eigenvalue weighted by molar-refractivity contribution is 5.93. The number of anilines is 1. The average Bonchev–Trinajstić information content (AvgIpc) is 2.59. The van der Waals surface area contributed by atoms with Crippen molar-refractivity contribution >= 4 is 11.6 Å². The van der Waals surface area contributed by atoms with Gasteiger partial charge in [-0.3, -0.25) is 10.2 Å². The van der Waals surface area contributed by atoms with Gasteiger partial charge in [0.2, 0.25) is 0 Å². The van der Waals surface area contributed by atoms with Crippen molar-refractivity contribution in [2.45, 2.75) is 33.0 Å². The molecule has 1 atom stereocenters. The highest BCUT2D eigenvalue weighted by Gasteiger charge is 2.20. The number of halogens is 2. The van der Waals surface area contributed by atoms with Crippen molar-refractivity contribution in [3.05, 3.63) is 65.2 Å². The molecule has 1 unspecified atom stereocenters. The predicted molar refractivity (Wildman–Crippen MR) is 96.1 cm³/mol. The minimum atomic E-state index is -0.914. The van der Waals surface area contributed by atoms with Crippen molar-refractivity contribution in [2.24, 2.45) is 11.8 Å². The standard InChI is InChI=1S/C19H23F2N3O2/c1-12(2)8-18(25)24(16-5-3-4-15(20)10-16)11-14-7-6-13(9-17(14)21)19(26)23-22/h3-7,9-10,12,18,25H,8,11,22H2,1-2H3,(H,23,26). The van der Waals surface area contributed by atoms with E-state index < -0.39 is 23.8 Å². The van der Waals surface area contributed by atoms with Gasteiger partial charge in [-0.25, -0.2) is 14.6 Å². The lowest BCUT2D eigenvalue weighted by molar-refractivity contribution is 0.0953. The second-order valence-corrected chi connectivity index (χ2v) is 6.50. The van der Waals surface area contributed by atoms with E-state index in [1.54, 1.807) is 6.07 Å². The Hall–Kier alpha value is -2.51. The minimum Gasteiger partial charge on any atom is -0.374 e. The Labute approximate surface area is 151 Å². The summed E-state index contributed by atoms with van der Waals surface area (Å²) in [5, 5.41) is 10.6. The number of nitrogens with one attached hydrogen (secondary N) is 1. The zero-order valence-corrected chi connectivity index (χ0v) is 14.7. The number of nitrogens with two attached hydrogens (primary N) is 1. The van der Waals surface area contributed by atoms with Gasteiger partial charge in [0.25, 0.3) is 5.91 Å². The number of hydrogen-bond donors (Lipinski definition) is 3. The summed E-state index contributed by atoms with van der Waals surface area (Å²) in [4.78, 5) is 13.0. The van der Waals surface area contributed by atoms with E-state index in [9.17, 15) is 18.7 Å². The molecule has 2 rings (SSSR count). The van der Waals surface area contributed by atoms with Crippen LogP contribution in [-0.4, -0.2) is 17.2 Å². The van der Waals surface area contributed by atoms with Crippen molar-refractivity contribution in [1.82, 2.24) is 5.43 Å². The first kappa shape index (κ1) is 19.8. The summed E-state index contributed by atoms with van der Waals surface area (Å²) in [6.45, 7) is 3.93. The fraction of sp³-hybridized carbons (Fsp3) is 0.316. The number of rotatable bonds is 7. The summed E-state index contributed by atoms with van der Waals surface area (Å²) in [6, 6.07) is 9.75. The van der Waals surface area contributed by atoms with E-state index in [0.29, 0.717) is 12.1 Å². The maximum absolute atomic E-state index is 14.4. The first-order valence-electron chi connectivity index (χ1n) is 8.31. The number of carbonyl (C=O) groups is 1. The number of aliphatic hydroxyl groups is 1. The van der Waals surface area contributed by atoms with Crippen LogP contribution in [0.25, 0.3) is 0 Å². The lowest BCUT2D eigenvalue weighted by atomic mass is 10.1. The quantitative estimate of drug-likeness (QED) is 0.306. The predicted octanol–water partition coefficient (Wildman–Crippen LogP) is 2.94. The number of amides is 1. The van der Waals surface area contributed by atoms with Gasteiger partial charge >= 0.3 is 0 Å². The highest BCUT2D eigenvalue weighted by atomic mass is 19.1. The van der Waals surface area contributed by atoms with Crippen LogP contribution in [0.2, 0.25) is 0 Å². The number of hydrazine groups is 1. The Balaban J connectivity index is 2.33. The number of benzene rings is 2. The molecule has 4 N–H and O–H groups in total. The van der Waals surface area contributed by atoms with Crippen LogP contribution in [0.3, 0.4) is 0 Å². The second kappa shape index (κ2) is 8.73. The zero-order valence-electron chi connectivity index (χ0n) is 14.7. The van der Waals surface area contributed by atoms with Crippen LogP contribution < -0.4 is 16.2 Å². The molecule has 5 nitrogen and oxygen atoms in total. The molecule has 2 aromatic carbocycles. The van der Waals surface area contributed by atoms with Gasteiger partial charge in [-0.15, -0.1) is 0 Å². The molecule has 0 saturated carbocycles. The van der Waals surface area contributed by atoms with E-state index in [0.717, 1.165) is 6.07 Å². The molecular weight excluding hydrogens is 340 g/mol. The molecular formula is C19H23F2N3O2. The molecule has 0 bridgehead atoms. The van der Waals surface area contributed by atoms with E-state index in [2.05, 4.69) is 0 Å². The maximum Gasteiger partial charge on any atom is 0.265 e. The maximum atomic E-state index is 14.4. The highest BCUT2D eigenvalue weighted by Crippen LogP contribution is 2.24. The van der Waals surface area contributed by atoms with Crippen molar-refractivity contribution in [1.29, 1.82) is 0 Å². The van der Waals surface area contributed by atoms with Gasteiger partial charge in [-0.1, -0.05) is 26.0 Å². The number of carbonyl (C=O) groups excluding carboxylic acids is 1. The summed E-state index contributed by atoms with van der Waals surface area (Å²) in [7, 11) is 0. The van der Waals surface area contributed by atoms with Crippen LogP contribution in [0.4, 0.5) is 14.5 Å². The van der Waals surface area contributed by atoms with Crippen molar-refractivity contribution in [3.63, 3.8) is 0 Å². The number of nitrogen functional groups attached to an aromatic ring is 1. The summed E-state index contributed by atoms with van der Waals surface area (Å²) in [5.41, 5.74) is 2.75. The fourth-order valence-corrected chi connectivity index (χ4v) is 2.66. The van der Waals surface area contributed by atoms with Crippen LogP contribution >= 0.6 is 0 Å². The molecule has 0 saturated heterocycles. The third-order valence-electron chi connectivity index (χ3n) is 3.97. The van der Waals surface area contributed by atoms with Crippen LogP contribution in [0.15, 0.2) is 42.5 Å². The third kappa shape index (κ3) is 5.00. The Morgan fingerprint density at radius 2 is 1.96 bits per heavy atom. The molecule has 0 aliphatic carbocycles. The minimum absolute atomic E-state index is 0.0215. The Bertz CT molecular complexity index is 768. The zero-order chi connectivity index (χ0) is 19.3. The molecule has 1 amide bonds. The van der Waals surface area contributed by atoms with Crippen LogP contribution in [0.5, 0.6) is 0 Å². The monoisotopic (exact) mass is 363 g/mol. The first-order valence-corrected chi connectivity index (χ1v) is 8.31. The fourth-order valence-electron chi connectivity index (χ4n) is 2.66. The van der Waals surface area contributed by atoms with Gasteiger partial charge in [-0.05, 0) is 42.7 Å². The van der Waals surface area contributed by atoms with E-state index >= 15 is 0 Å². The number of nitrogens with zero attached hydrogens (tertiary/aromatic N) is 1. The molecule has 0 radical (unpaired) electrons. The van der Waals surface area contributed by atoms with E-state index in [1.807, 2.05) is 19.3 Å². The lowest BCUT2D eigenvalue weighted by Gasteiger charge is -2.31. The molecule has 26 heavy (non-hydrogen) atoms. The lowest BCUT2D eigenvalue weighted by Crippen LogP contribution is -2.36. The average molecular weight is 363 g/mol. The molecule has 2 aromatic rings. The Kier molecular flexibility index (Phi) is 6.65. The van der Waals surface area contributed by atoms with Gasteiger partial charge in [0.15, 0.2) is 0 Å². The number of aliphatic hydroxyl groups excluding tert-OH is 1. The second-order valence-electron chi connectivity index (χ2n) is 6.50. The third-order valence-corrected chi connectivity index (χ3v) is 3.97. The van der Waals surface area contributed by atoms with Crippen LogP contribution in [0.1, 0.15) is 36.2 Å². The summed E-state index contributed by atoms with van der Waals surface area (Å²) < 4.78 is 28.0. The Morgan fingerprint density at radius 3 is 2.54 bits per heavy atom. The molecule has 0 aromatic heterocycles. The van der Waals surface area contributed by atoms with Crippen LogP contribution in [-0.2, 0) is 6.54 Å². The van der Waals surface area contributed by atoms with E-state index in [1.165, 1.54) is 35.2 Å². The SMILES string of the molecule is CC(C)CC(O)N(Cc1ccc(C(=O)NN)cc1F)c1cccc(F)c1. The summed E-state index contributed by atoms with van der Waals surface area (Å²) >= 11 is 0. The van der Waals surface area contributed by atoms with Gasteiger partial charge in [0.1, 0.15) is 17.9 Å². The van der Waals surface area contributed by atoms with Crippen molar-refractivity contribution < 1.29 is 18.7 Å². The molecule has 0 aliphatic heterocycles.